The van der Waals surface area contributed by atoms with Crippen LogP contribution in [0.2, 0.25) is 5.02 Å². The van der Waals surface area contributed by atoms with Gasteiger partial charge in [-0.2, -0.15) is 0 Å². The second-order valence-corrected chi connectivity index (χ2v) is 5.47. The Morgan fingerprint density at radius 2 is 2.26 bits per heavy atom. The molecule has 0 radical (unpaired) electrons. The number of fused-ring (bicyclic) bond motifs is 2. The zero-order valence-electron chi connectivity index (χ0n) is 10.9. The number of carbonyl (C=O) groups excluding carboxylic acids is 1. The lowest BCUT2D eigenvalue weighted by Crippen LogP contribution is -2.51. The van der Waals surface area contributed by atoms with Crippen LogP contribution in [0.4, 0.5) is 0 Å². The van der Waals surface area contributed by atoms with Crippen molar-refractivity contribution in [1.29, 1.82) is 0 Å². The van der Waals surface area contributed by atoms with Crippen molar-refractivity contribution in [3.63, 3.8) is 0 Å². The van der Waals surface area contributed by atoms with Gasteiger partial charge in [-0.25, -0.2) is 4.99 Å². The van der Waals surface area contributed by atoms with Gasteiger partial charge in [-0.1, -0.05) is 36.7 Å². The Bertz CT molecular complexity index is 555. The normalized spacial score (nSPS) is 29.7. The zero-order chi connectivity index (χ0) is 13.5. The minimum Gasteiger partial charge on any atom is -0.470 e. The van der Waals surface area contributed by atoms with Crippen molar-refractivity contribution < 1.29 is 9.53 Å². The maximum absolute atomic E-state index is 12.7. The summed E-state index contributed by atoms with van der Waals surface area (Å²) in [6, 6.07) is 7.50. The molecule has 4 heteroatoms. The summed E-state index contributed by atoms with van der Waals surface area (Å²) < 4.78 is 5.66. The van der Waals surface area contributed by atoms with Gasteiger partial charge in [0.15, 0.2) is 17.5 Å². The van der Waals surface area contributed by atoms with Gasteiger partial charge >= 0.3 is 0 Å². The molecule has 3 nitrogen and oxygen atoms in total. The third-order valence-electron chi connectivity index (χ3n) is 3.92. The topological polar surface area (TPSA) is 38.7 Å². The van der Waals surface area contributed by atoms with E-state index in [-0.39, 0.29) is 11.9 Å². The molecular weight excluding hydrogens is 262 g/mol. The Labute approximate surface area is 117 Å². The summed E-state index contributed by atoms with van der Waals surface area (Å²) in [4.78, 5) is 17.3. The molecule has 1 aromatic carbocycles. The summed E-state index contributed by atoms with van der Waals surface area (Å²) in [5, 5.41) is 0.609. The van der Waals surface area contributed by atoms with Gasteiger partial charge in [0.2, 0.25) is 5.78 Å². The standard InChI is InChI=1S/C15H16ClNO2/c1-2-13-17-15(10-6-3-4-7-11(10)16)9-5-8-12(19-13)14(15)18/h3-4,6-7,12H,2,5,8-9H2,1H3/t12-,15-/m1/s1. The highest BCUT2D eigenvalue weighted by molar-refractivity contribution is 6.32. The molecule has 0 N–H and O–H groups in total. The molecule has 1 aromatic rings. The predicted octanol–water partition coefficient (Wildman–Crippen LogP) is 3.50. The molecule has 100 valence electrons. The van der Waals surface area contributed by atoms with Crippen LogP contribution in [0.25, 0.3) is 0 Å². The SMILES string of the molecule is CCC1=N[C@@]2(c3ccccc3Cl)CCC[C@@H](O1)C2=O. The fourth-order valence-corrected chi connectivity index (χ4v) is 3.27. The van der Waals surface area contributed by atoms with Gasteiger partial charge in [-0.05, 0) is 25.3 Å². The van der Waals surface area contributed by atoms with Gasteiger partial charge in [0.25, 0.3) is 0 Å². The molecule has 1 saturated carbocycles. The van der Waals surface area contributed by atoms with Crippen LogP contribution in [0.1, 0.15) is 38.2 Å². The molecular formula is C15H16ClNO2. The molecule has 0 amide bonds. The molecule has 1 aliphatic carbocycles. The number of ether oxygens (including phenoxy) is 1. The van der Waals surface area contributed by atoms with Crippen molar-refractivity contribution in [3.8, 4) is 0 Å². The highest BCUT2D eigenvalue weighted by Gasteiger charge is 2.51. The van der Waals surface area contributed by atoms with E-state index in [1.165, 1.54) is 0 Å². The highest BCUT2D eigenvalue weighted by Crippen LogP contribution is 2.44. The molecule has 1 aliphatic heterocycles. The van der Waals surface area contributed by atoms with Gasteiger partial charge in [0.1, 0.15) is 0 Å². The summed E-state index contributed by atoms with van der Waals surface area (Å²) >= 11 is 6.29. The van der Waals surface area contributed by atoms with Crippen LogP contribution in [0, 0.1) is 0 Å². The summed E-state index contributed by atoms with van der Waals surface area (Å²) in [7, 11) is 0. The number of Topliss-reactive ketones (excluding diaryl/α,β-unsaturated/α-hetero) is 1. The van der Waals surface area contributed by atoms with Crippen LogP contribution < -0.4 is 0 Å². The molecule has 0 unspecified atom stereocenters. The fraction of sp³-hybridized carbons (Fsp3) is 0.467. The number of carbonyl (C=O) groups is 1. The van der Waals surface area contributed by atoms with Gasteiger partial charge in [0.05, 0.1) is 0 Å². The van der Waals surface area contributed by atoms with Gasteiger partial charge < -0.3 is 4.74 Å². The maximum atomic E-state index is 12.7. The molecule has 1 heterocycles. The number of benzene rings is 1. The van der Waals surface area contributed by atoms with Crippen molar-refractivity contribution in [2.75, 3.05) is 0 Å². The first kappa shape index (κ1) is 12.7. The van der Waals surface area contributed by atoms with Crippen LogP contribution in [0.3, 0.4) is 0 Å². The summed E-state index contributed by atoms with van der Waals surface area (Å²) in [6.07, 6.45) is 2.79. The number of nitrogens with zero attached hydrogens (tertiary/aromatic N) is 1. The van der Waals surface area contributed by atoms with Crippen LogP contribution in [0.15, 0.2) is 29.3 Å². The minimum absolute atomic E-state index is 0.0593. The van der Waals surface area contributed by atoms with E-state index in [1.54, 1.807) is 0 Å². The smallest absolute Gasteiger partial charge is 0.205 e. The first-order chi connectivity index (χ1) is 9.17. The number of hydrogen-bond donors (Lipinski definition) is 0. The Balaban J connectivity index is 2.18. The lowest BCUT2D eigenvalue weighted by Gasteiger charge is -2.41. The van der Waals surface area contributed by atoms with E-state index in [0.29, 0.717) is 17.3 Å². The molecule has 19 heavy (non-hydrogen) atoms. The molecule has 0 aromatic heterocycles. The number of aliphatic imine (C=N–C) groups is 1. The van der Waals surface area contributed by atoms with E-state index in [2.05, 4.69) is 4.99 Å². The maximum Gasteiger partial charge on any atom is 0.205 e. The van der Waals surface area contributed by atoms with Crippen LogP contribution in [-0.2, 0) is 15.1 Å². The van der Waals surface area contributed by atoms with E-state index < -0.39 is 5.54 Å². The lowest BCUT2D eigenvalue weighted by molar-refractivity contribution is -0.137. The Morgan fingerprint density at radius 3 is 3.00 bits per heavy atom. The van der Waals surface area contributed by atoms with Crippen molar-refractivity contribution in [2.24, 2.45) is 4.99 Å². The summed E-state index contributed by atoms with van der Waals surface area (Å²) in [5.74, 6) is 0.730. The Kier molecular flexibility index (Phi) is 3.09. The number of rotatable bonds is 2. The van der Waals surface area contributed by atoms with Crippen LogP contribution in [-0.4, -0.2) is 17.8 Å². The molecule has 3 rings (SSSR count). The number of hydrogen-bond acceptors (Lipinski definition) is 3. The minimum atomic E-state index is -0.815. The molecule has 2 bridgehead atoms. The second-order valence-electron chi connectivity index (χ2n) is 5.06. The first-order valence-electron chi connectivity index (χ1n) is 6.72. The lowest BCUT2D eigenvalue weighted by atomic mass is 9.74. The molecule has 2 atom stereocenters. The van der Waals surface area contributed by atoms with E-state index >= 15 is 0 Å². The van der Waals surface area contributed by atoms with Crippen LogP contribution in [0.5, 0.6) is 0 Å². The third-order valence-corrected chi connectivity index (χ3v) is 4.25. The molecule has 0 spiro atoms. The van der Waals surface area contributed by atoms with Crippen molar-refractivity contribution in [1.82, 2.24) is 0 Å². The Hall–Kier alpha value is -1.35. The first-order valence-corrected chi connectivity index (χ1v) is 7.10. The molecule has 2 aliphatic rings. The van der Waals surface area contributed by atoms with Crippen LogP contribution >= 0.6 is 11.6 Å². The molecule has 0 saturated heterocycles. The molecule has 1 fully saturated rings. The number of ketones is 1. The van der Waals surface area contributed by atoms with Gasteiger partial charge in [-0.3, -0.25) is 4.79 Å². The predicted molar refractivity (Wildman–Crippen MR) is 74.6 cm³/mol. The van der Waals surface area contributed by atoms with Crippen molar-refractivity contribution >= 4 is 23.3 Å². The summed E-state index contributed by atoms with van der Waals surface area (Å²) in [6.45, 7) is 1.99. The zero-order valence-corrected chi connectivity index (χ0v) is 11.6. The highest BCUT2D eigenvalue weighted by atomic mass is 35.5. The van der Waals surface area contributed by atoms with Crippen molar-refractivity contribution in [3.05, 3.63) is 34.9 Å². The fourth-order valence-electron chi connectivity index (χ4n) is 2.98. The summed E-state index contributed by atoms with van der Waals surface area (Å²) in [5.41, 5.74) is 0.00539. The van der Waals surface area contributed by atoms with Gasteiger partial charge in [-0.15, -0.1) is 0 Å². The third kappa shape index (κ3) is 1.88. The van der Waals surface area contributed by atoms with Crippen molar-refractivity contribution in [2.45, 2.75) is 44.2 Å². The van der Waals surface area contributed by atoms with E-state index in [9.17, 15) is 4.79 Å². The number of halogens is 1. The average molecular weight is 278 g/mol. The second kappa shape index (κ2) is 4.64. The Morgan fingerprint density at radius 1 is 1.47 bits per heavy atom. The average Bonchev–Trinajstić information content (AvgIpc) is 2.40. The van der Waals surface area contributed by atoms with E-state index in [1.807, 2.05) is 31.2 Å². The van der Waals surface area contributed by atoms with Gasteiger partial charge in [0, 0.05) is 17.0 Å². The van der Waals surface area contributed by atoms with E-state index in [0.717, 1.165) is 24.8 Å². The monoisotopic (exact) mass is 277 g/mol. The van der Waals surface area contributed by atoms with E-state index in [4.69, 9.17) is 16.3 Å². The largest absolute Gasteiger partial charge is 0.470 e. The quantitative estimate of drug-likeness (QED) is 0.830.